The van der Waals surface area contributed by atoms with Crippen molar-refractivity contribution in [2.45, 2.75) is 50.6 Å². The van der Waals surface area contributed by atoms with Crippen LogP contribution in [0.5, 0.6) is 0 Å². The minimum absolute atomic E-state index is 0.0302. The molecule has 0 bridgehead atoms. The lowest BCUT2D eigenvalue weighted by molar-refractivity contribution is -0.194. The number of rotatable bonds is 4. The molecule has 3 rings (SSSR count). The SMILES string of the molecule is O=C/C=C/C1[C@H]2CC(=O)O[C@H]2C[C@H]1OC1CCCCO1. The number of esters is 1. The van der Waals surface area contributed by atoms with Crippen molar-refractivity contribution in [2.24, 2.45) is 11.8 Å². The molecule has 3 aliphatic rings. The zero-order valence-electron chi connectivity index (χ0n) is 11.4. The first-order valence-electron chi connectivity index (χ1n) is 7.36. The molecule has 5 atom stereocenters. The first-order chi connectivity index (χ1) is 9.78. The highest BCUT2D eigenvalue weighted by molar-refractivity contribution is 5.72. The van der Waals surface area contributed by atoms with Gasteiger partial charge in [0.15, 0.2) is 6.29 Å². The van der Waals surface area contributed by atoms with Gasteiger partial charge in [0.05, 0.1) is 12.5 Å². The Hall–Kier alpha value is -1.20. The van der Waals surface area contributed by atoms with E-state index in [4.69, 9.17) is 14.2 Å². The first-order valence-corrected chi connectivity index (χ1v) is 7.36. The van der Waals surface area contributed by atoms with Gasteiger partial charge in [-0.2, -0.15) is 0 Å². The molecule has 2 heterocycles. The Morgan fingerprint density at radius 3 is 2.95 bits per heavy atom. The minimum Gasteiger partial charge on any atom is -0.462 e. The highest BCUT2D eigenvalue weighted by Crippen LogP contribution is 2.44. The molecular formula is C15H20O5. The third-order valence-electron chi connectivity index (χ3n) is 4.43. The molecule has 20 heavy (non-hydrogen) atoms. The molecule has 0 aromatic heterocycles. The van der Waals surface area contributed by atoms with Crippen LogP contribution in [0.1, 0.15) is 32.1 Å². The lowest BCUT2D eigenvalue weighted by Crippen LogP contribution is -2.31. The van der Waals surface area contributed by atoms with Gasteiger partial charge in [-0.25, -0.2) is 0 Å². The second-order valence-electron chi connectivity index (χ2n) is 5.70. The minimum atomic E-state index is -0.157. The Balaban J connectivity index is 1.67. The number of hydrogen-bond acceptors (Lipinski definition) is 5. The smallest absolute Gasteiger partial charge is 0.306 e. The fourth-order valence-electron chi connectivity index (χ4n) is 3.50. The van der Waals surface area contributed by atoms with Crippen molar-refractivity contribution >= 4 is 12.3 Å². The normalized spacial score (nSPS) is 40.8. The van der Waals surface area contributed by atoms with Crippen LogP contribution in [0.15, 0.2) is 12.2 Å². The van der Waals surface area contributed by atoms with Gasteiger partial charge < -0.3 is 14.2 Å². The van der Waals surface area contributed by atoms with Crippen LogP contribution >= 0.6 is 0 Å². The Morgan fingerprint density at radius 1 is 1.30 bits per heavy atom. The zero-order chi connectivity index (χ0) is 13.9. The summed E-state index contributed by atoms with van der Waals surface area (Å²) < 4.78 is 17.0. The lowest BCUT2D eigenvalue weighted by atomic mass is 9.92. The van der Waals surface area contributed by atoms with Crippen LogP contribution in [-0.4, -0.2) is 37.4 Å². The molecule has 2 unspecified atom stereocenters. The summed E-state index contributed by atoms with van der Waals surface area (Å²) in [5.41, 5.74) is 0. The standard InChI is InChI=1S/C15H20O5/c16-6-3-4-10-11-8-14(17)19-13(11)9-12(10)20-15-5-1-2-7-18-15/h3-4,6,10-13,15H,1-2,5,7-9H2/b4-3+/t10?,11-,12-,13+,15?/m1/s1. The summed E-state index contributed by atoms with van der Waals surface area (Å²) in [6.07, 6.45) is 8.09. The predicted octanol–water partition coefficient (Wildman–Crippen LogP) is 1.60. The zero-order valence-corrected chi connectivity index (χ0v) is 11.4. The van der Waals surface area contributed by atoms with Gasteiger partial charge in [0.2, 0.25) is 0 Å². The maximum Gasteiger partial charge on any atom is 0.306 e. The van der Waals surface area contributed by atoms with E-state index in [1.165, 1.54) is 6.08 Å². The van der Waals surface area contributed by atoms with E-state index in [-0.39, 0.29) is 36.3 Å². The average molecular weight is 280 g/mol. The van der Waals surface area contributed by atoms with Crippen LogP contribution < -0.4 is 0 Å². The van der Waals surface area contributed by atoms with Gasteiger partial charge in [-0.15, -0.1) is 0 Å². The van der Waals surface area contributed by atoms with E-state index in [1.54, 1.807) is 0 Å². The van der Waals surface area contributed by atoms with Gasteiger partial charge in [0, 0.05) is 24.9 Å². The summed E-state index contributed by atoms with van der Waals surface area (Å²) in [7, 11) is 0. The molecule has 5 nitrogen and oxygen atoms in total. The van der Waals surface area contributed by atoms with E-state index in [2.05, 4.69) is 0 Å². The summed E-state index contributed by atoms with van der Waals surface area (Å²) in [6, 6.07) is 0. The van der Waals surface area contributed by atoms with Crippen molar-refractivity contribution in [3.8, 4) is 0 Å². The first kappa shape index (κ1) is 13.8. The summed E-state index contributed by atoms with van der Waals surface area (Å²) in [5, 5.41) is 0. The van der Waals surface area contributed by atoms with Crippen LogP contribution in [0.25, 0.3) is 0 Å². The summed E-state index contributed by atoms with van der Waals surface area (Å²) in [6.45, 7) is 0.744. The van der Waals surface area contributed by atoms with E-state index < -0.39 is 0 Å². The molecule has 0 N–H and O–H groups in total. The molecule has 2 aliphatic heterocycles. The van der Waals surface area contributed by atoms with Gasteiger partial charge >= 0.3 is 5.97 Å². The second kappa shape index (κ2) is 6.06. The molecule has 1 aliphatic carbocycles. The number of hydrogen-bond donors (Lipinski definition) is 0. The molecule has 0 spiro atoms. The lowest BCUT2D eigenvalue weighted by Gasteiger charge is -2.28. The summed E-state index contributed by atoms with van der Waals surface area (Å²) >= 11 is 0. The van der Waals surface area contributed by atoms with Crippen molar-refractivity contribution < 1.29 is 23.8 Å². The van der Waals surface area contributed by atoms with Gasteiger partial charge in [-0.05, 0) is 25.3 Å². The quantitative estimate of drug-likeness (QED) is 0.445. The van der Waals surface area contributed by atoms with Crippen LogP contribution in [0.3, 0.4) is 0 Å². The molecule has 0 radical (unpaired) electrons. The van der Waals surface area contributed by atoms with Gasteiger partial charge in [0.25, 0.3) is 0 Å². The van der Waals surface area contributed by atoms with Crippen molar-refractivity contribution in [3.05, 3.63) is 12.2 Å². The highest BCUT2D eigenvalue weighted by Gasteiger charge is 2.50. The van der Waals surface area contributed by atoms with E-state index >= 15 is 0 Å². The molecule has 0 aromatic carbocycles. The molecule has 3 fully saturated rings. The molecule has 110 valence electrons. The summed E-state index contributed by atoms with van der Waals surface area (Å²) in [5.74, 6) is 0.0475. The average Bonchev–Trinajstić information content (AvgIpc) is 2.94. The number of fused-ring (bicyclic) bond motifs is 1. The van der Waals surface area contributed by atoms with Gasteiger partial charge in [0.1, 0.15) is 12.4 Å². The van der Waals surface area contributed by atoms with E-state index in [9.17, 15) is 9.59 Å². The van der Waals surface area contributed by atoms with Gasteiger partial charge in [-0.3, -0.25) is 9.59 Å². The van der Waals surface area contributed by atoms with Crippen LogP contribution in [0, 0.1) is 11.8 Å². The molecule has 5 heteroatoms. The van der Waals surface area contributed by atoms with Crippen molar-refractivity contribution in [1.29, 1.82) is 0 Å². The molecular weight excluding hydrogens is 260 g/mol. The van der Waals surface area contributed by atoms with E-state index in [0.717, 1.165) is 32.2 Å². The number of aldehydes is 1. The van der Waals surface area contributed by atoms with Crippen LogP contribution in [-0.2, 0) is 23.8 Å². The Morgan fingerprint density at radius 2 is 2.20 bits per heavy atom. The van der Waals surface area contributed by atoms with Crippen molar-refractivity contribution in [3.63, 3.8) is 0 Å². The van der Waals surface area contributed by atoms with Crippen LogP contribution in [0.2, 0.25) is 0 Å². The van der Waals surface area contributed by atoms with Gasteiger partial charge in [-0.1, -0.05) is 6.08 Å². The molecule has 2 saturated heterocycles. The molecule has 0 amide bonds. The number of ether oxygens (including phenoxy) is 3. The van der Waals surface area contributed by atoms with E-state index in [1.807, 2.05) is 6.08 Å². The van der Waals surface area contributed by atoms with Crippen molar-refractivity contribution in [2.75, 3.05) is 6.61 Å². The Kier molecular flexibility index (Phi) is 4.17. The fourth-order valence-corrected chi connectivity index (χ4v) is 3.50. The summed E-state index contributed by atoms with van der Waals surface area (Å²) in [4.78, 5) is 22.0. The monoisotopic (exact) mass is 280 g/mol. The number of allylic oxidation sites excluding steroid dienone is 1. The Bertz CT molecular complexity index is 399. The predicted molar refractivity (Wildman–Crippen MR) is 69.8 cm³/mol. The topological polar surface area (TPSA) is 61.8 Å². The maximum absolute atomic E-state index is 11.4. The maximum atomic E-state index is 11.4. The van der Waals surface area contributed by atoms with Crippen molar-refractivity contribution in [1.82, 2.24) is 0 Å². The second-order valence-corrected chi connectivity index (χ2v) is 5.70. The fraction of sp³-hybridized carbons (Fsp3) is 0.733. The third kappa shape index (κ3) is 2.79. The third-order valence-corrected chi connectivity index (χ3v) is 4.43. The number of carbonyl (C=O) groups is 2. The molecule has 0 aromatic rings. The number of carbonyl (C=O) groups excluding carboxylic acids is 2. The largest absolute Gasteiger partial charge is 0.462 e. The highest BCUT2D eigenvalue weighted by atomic mass is 16.7. The Labute approximate surface area is 118 Å². The van der Waals surface area contributed by atoms with E-state index in [0.29, 0.717) is 12.8 Å². The molecule has 1 saturated carbocycles. The van der Waals surface area contributed by atoms with Crippen LogP contribution in [0.4, 0.5) is 0 Å².